The molecule has 3 N–H and O–H groups in total. The molecular weight excluding hydrogens is 721 g/mol. The molecule has 53 heavy (non-hydrogen) atoms. The Balaban J connectivity index is 1.20. The number of fused-ring (bicyclic) bond motifs is 2. The number of unbranched alkanes of at least 4 members (excludes halogenated alkanes) is 1. The van der Waals surface area contributed by atoms with Gasteiger partial charge in [0.1, 0.15) is 17.2 Å². The maximum absolute atomic E-state index is 13.8. The van der Waals surface area contributed by atoms with E-state index in [4.69, 9.17) is 32.8 Å². The second-order valence-electron chi connectivity index (χ2n) is 15.9. The third-order valence-corrected chi connectivity index (χ3v) is 17.4. The predicted octanol–water partition coefficient (Wildman–Crippen LogP) is 5.40. The van der Waals surface area contributed by atoms with Crippen molar-refractivity contribution in [3.8, 4) is 17.2 Å². The maximum Gasteiger partial charge on any atom is 0.407 e. The summed E-state index contributed by atoms with van der Waals surface area (Å²) in [5.41, 5.74) is 0.839. The van der Waals surface area contributed by atoms with Crippen LogP contribution in [0.15, 0.2) is 47.4 Å². The van der Waals surface area contributed by atoms with Crippen LogP contribution in [-0.4, -0.2) is 97.6 Å². The summed E-state index contributed by atoms with van der Waals surface area (Å²) in [5.74, 6) is 1.17. The van der Waals surface area contributed by atoms with Crippen molar-refractivity contribution in [2.75, 3.05) is 39.8 Å². The van der Waals surface area contributed by atoms with E-state index in [9.17, 15) is 18.3 Å². The second-order valence-corrected chi connectivity index (χ2v) is 22.8. The Morgan fingerprint density at radius 3 is 2.45 bits per heavy atom. The van der Waals surface area contributed by atoms with Gasteiger partial charge in [0.2, 0.25) is 6.79 Å². The van der Waals surface area contributed by atoms with Gasteiger partial charge in [-0.2, -0.15) is 0 Å². The van der Waals surface area contributed by atoms with E-state index in [0.717, 1.165) is 31.4 Å². The Bertz CT molecular complexity index is 1620. The highest BCUT2D eigenvalue weighted by molar-refractivity contribution is 7.92. The summed E-state index contributed by atoms with van der Waals surface area (Å²) in [5, 5.41) is 16.6. The molecule has 0 saturated carbocycles. The van der Waals surface area contributed by atoms with E-state index in [2.05, 4.69) is 44.5 Å². The number of rotatable bonds is 18. The Hall–Kier alpha value is -2.92. The molecule has 0 radical (unpaired) electrons. The molecule has 3 aliphatic rings. The van der Waals surface area contributed by atoms with Crippen LogP contribution in [0, 0.1) is 11.8 Å². The van der Waals surface area contributed by atoms with Crippen LogP contribution >= 0.6 is 0 Å². The summed E-state index contributed by atoms with van der Waals surface area (Å²) >= 11 is 0. The fourth-order valence-electron chi connectivity index (χ4n) is 6.35. The van der Waals surface area contributed by atoms with Gasteiger partial charge in [0.05, 0.1) is 42.8 Å². The molecule has 15 heteroatoms. The normalized spacial score (nSPS) is 21.6. The van der Waals surface area contributed by atoms with Crippen LogP contribution in [0.4, 0.5) is 4.79 Å². The lowest BCUT2D eigenvalue weighted by atomic mass is 10.0. The molecule has 0 bridgehead atoms. The average Bonchev–Trinajstić information content (AvgIpc) is 3.85. The molecule has 1 amide bonds. The number of ether oxygens (including phenoxy) is 6. The van der Waals surface area contributed by atoms with E-state index in [-0.39, 0.29) is 54.4 Å². The molecule has 0 aliphatic carbocycles. The van der Waals surface area contributed by atoms with Crippen LogP contribution in [0.3, 0.4) is 0 Å². The summed E-state index contributed by atoms with van der Waals surface area (Å²) in [6, 6.07) is 11.2. The largest absolute Gasteiger partial charge is 0.494 e. The minimum Gasteiger partial charge on any atom is -0.494 e. The minimum atomic E-state index is -3.89. The quantitative estimate of drug-likeness (QED) is 0.131. The highest BCUT2D eigenvalue weighted by Crippen LogP contribution is 2.37. The van der Waals surface area contributed by atoms with Crippen molar-refractivity contribution in [1.82, 2.24) is 10.6 Å². The van der Waals surface area contributed by atoms with Crippen LogP contribution < -0.4 is 24.8 Å². The minimum absolute atomic E-state index is 0.0277. The predicted molar refractivity (Wildman–Crippen MR) is 201 cm³/mol. The second kappa shape index (κ2) is 17.7. The molecule has 13 nitrogen and oxygen atoms in total. The number of aliphatic hydroxyl groups is 1. The smallest absolute Gasteiger partial charge is 0.407 e. The number of amides is 1. The van der Waals surface area contributed by atoms with E-state index in [1.807, 2.05) is 24.3 Å². The summed E-state index contributed by atoms with van der Waals surface area (Å²) in [6.07, 6.45) is 0.0401. The third kappa shape index (κ3) is 10.6. The number of nitrogens with one attached hydrogen (secondary N) is 2. The first-order valence-electron chi connectivity index (χ1n) is 18.7. The SMILES string of the molecule is CC(C)C(NC[C@@H](O)[C@H](Cc1ccc(OCCCCO[Si](C)(C)C(C)(C)C)cc1)NC(=O)O[C@H]1CO[C@H]2OCC[C@H]21)S(=O)(=O)c1ccc2c(c1)OCO2. The number of aliphatic hydroxyl groups excluding tert-OH is 1. The van der Waals surface area contributed by atoms with Gasteiger partial charge < -0.3 is 43.3 Å². The lowest BCUT2D eigenvalue weighted by molar-refractivity contribution is -0.0907. The van der Waals surface area contributed by atoms with Crippen LogP contribution in [0.2, 0.25) is 18.1 Å². The Morgan fingerprint density at radius 1 is 1.02 bits per heavy atom. The fraction of sp³-hybridized carbons (Fsp3) is 0.658. The molecule has 1 unspecified atom stereocenters. The van der Waals surface area contributed by atoms with Crippen molar-refractivity contribution in [1.29, 1.82) is 0 Å². The molecule has 2 fully saturated rings. The highest BCUT2D eigenvalue weighted by Gasteiger charge is 2.44. The van der Waals surface area contributed by atoms with Gasteiger partial charge in [-0.15, -0.1) is 0 Å². The molecule has 3 aliphatic heterocycles. The first kappa shape index (κ1) is 41.2. The number of carbonyl (C=O) groups is 1. The molecule has 2 saturated heterocycles. The van der Waals surface area contributed by atoms with Crippen molar-refractivity contribution < 1.29 is 51.2 Å². The Morgan fingerprint density at radius 2 is 1.74 bits per heavy atom. The van der Waals surface area contributed by atoms with E-state index in [1.165, 1.54) is 12.1 Å². The first-order chi connectivity index (χ1) is 25.0. The van der Waals surface area contributed by atoms with Gasteiger partial charge in [-0.3, -0.25) is 5.32 Å². The molecule has 296 valence electrons. The monoisotopic (exact) mass is 778 g/mol. The van der Waals surface area contributed by atoms with E-state index in [0.29, 0.717) is 30.5 Å². The van der Waals surface area contributed by atoms with Crippen LogP contribution in [0.5, 0.6) is 17.2 Å². The lowest BCUT2D eigenvalue weighted by Gasteiger charge is -2.36. The molecule has 2 aromatic rings. The van der Waals surface area contributed by atoms with Crippen molar-refractivity contribution >= 4 is 24.2 Å². The summed E-state index contributed by atoms with van der Waals surface area (Å²) in [7, 11) is -5.66. The molecule has 3 heterocycles. The molecule has 5 rings (SSSR count). The van der Waals surface area contributed by atoms with Gasteiger partial charge in [0.15, 0.2) is 35.9 Å². The van der Waals surface area contributed by atoms with Gasteiger partial charge in [-0.1, -0.05) is 46.8 Å². The number of hydrogen-bond donors (Lipinski definition) is 3. The maximum atomic E-state index is 13.8. The number of carbonyl (C=O) groups excluding carboxylic acids is 1. The summed E-state index contributed by atoms with van der Waals surface area (Å²) < 4.78 is 67.5. The molecule has 6 atom stereocenters. The first-order valence-corrected chi connectivity index (χ1v) is 23.1. The van der Waals surface area contributed by atoms with E-state index >= 15 is 0 Å². The number of hydrogen-bond acceptors (Lipinski definition) is 12. The molecule has 2 aromatic carbocycles. The number of alkyl carbamates (subject to hydrolysis) is 1. The number of benzene rings is 2. The highest BCUT2D eigenvalue weighted by atomic mass is 32.2. The van der Waals surface area contributed by atoms with Crippen molar-refractivity contribution in [3.63, 3.8) is 0 Å². The van der Waals surface area contributed by atoms with Gasteiger partial charge in [-0.25, -0.2) is 13.2 Å². The summed E-state index contributed by atoms with van der Waals surface area (Å²) in [4.78, 5) is 13.3. The number of sulfone groups is 1. The topological polar surface area (TPSA) is 160 Å². The fourth-order valence-corrected chi connectivity index (χ4v) is 9.29. The van der Waals surface area contributed by atoms with Gasteiger partial charge in [-0.05, 0) is 79.6 Å². The van der Waals surface area contributed by atoms with E-state index in [1.54, 1.807) is 19.9 Å². The molecule has 0 aromatic heterocycles. The zero-order valence-electron chi connectivity index (χ0n) is 32.1. The standard InChI is InChI=1S/C38H58N2O11SSi/c1-25(2)35(52(43,44)28-14-15-32-33(21-28)49-24-48-32)39-22-31(41)30(40-37(42)51-34-23-47-36-29(34)16-19-46-36)20-26-10-12-27(13-11-26)45-17-8-9-18-50-53(6,7)38(3,4)5/h10-15,21,25,29-31,34-36,39,41H,8-9,16-20,22-24H2,1-7H3,(H,40,42)/t29-,30-,31+,34-,35?,36+/m0/s1. The van der Waals surface area contributed by atoms with Gasteiger partial charge in [0.25, 0.3) is 0 Å². The lowest BCUT2D eigenvalue weighted by Crippen LogP contribution is -2.52. The van der Waals surface area contributed by atoms with Gasteiger partial charge >= 0.3 is 6.09 Å². The zero-order chi connectivity index (χ0) is 38.4. The van der Waals surface area contributed by atoms with Crippen molar-refractivity contribution in [3.05, 3.63) is 48.0 Å². The average molecular weight is 779 g/mol. The third-order valence-electron chi connectivity index (χ3n) is 10.6. The molecule has 0 spiro atoms. The van der Waals surface area contributed by atoms with Crippen molar-refractivity contribution in [2.24, 2.45) is 11.8 Å². The Kier molecular flexibility index (Phi) is 13.8. The zero-order valence-corrected chi connectivity index (χ0v) is 33.9. The van der Waals surface area contributed by atoms with Gasteiger partial charge in [0, 0.05) is 19.2 Å². The Labute approximate surface area is 315 Å². The van der Waals surface area contributed by atoms with Crippen LogP contribution in [-0.2, 0) is 34.9 Å². The summed E-state index contributed by atoms with van der Waals surface area (Å²) in [6.45, 7) is 16.8. The van der Waals surface area contributed by atoms with E-state index < -0.39 is 47.9 Å². The van der Waals surface area contributed by atoms with Crippen LogP contribution in [0.1, 0.15) is 59.4 Å². The van der Waals surface area contributed by atoms with Crippen molar-refractivity contribution in [2.45, 2.75) is 113 Å². The molecular formula is C38H58N2O11SSi. The van der Waals surface area contributed by atoms with Crippen LogP contribution in [0.25, 0.3) is 0 Å².